The fraction of sp³-hybridized carbons (Fsp3) is 0.467. The van der Waals surface area contributed by atoms with Crippen LogP contribution >= 0.6 is 0 Å². The van der Waals surface area contributed by atoms with Crippen LogP contribution < -0.4 is 5.73 Å². The molecule has 1 aromatic heterocycles. The molecular formula is C15H16F3N3O. The Morgan fingerprint density at radius 3 is 2.55 bits per heavy atom. The van der Waals surface area contributed by atoms with E-state index in [0.717, 1.165) is 44.2 Å². The Kier molecular flexibility index (Phi) is 3.68. The van der Waals surface area contributed by atoms with Crippen molar-refractivity contribution >= 4 is 0 Å². The summed E-state index contributed by atoms with van der Waals surface area (Å²) in [5, 5.41) is 3.89. The van der Waals surface area contributed by atoms with Crippen molar-refractivity contribution in [3.8, 4) is 11.5 Å². The minimum absolute atomic E-state index is 0.0662. The molecule has 0 radical (unpaired) electrons. The van der Waals surface area contributed by atoms with Crippen LogP contribution in [0.5, 0.6) is 0 Å². The lowest BCUT2D eigenvalue weighted by Gasteiger charge is -2.29. The Labute approximate surface area is 125 Å². The summed E-state index contributed by atoms with van der Waals surface area (Å²) in [7, 11) is 0. The normalized spacial score (nSPS) is 18.4. The first kappa shape index (κ1) is 15.0. The summed E-state index contributed by atoms with van der Waals surface area (Å²) < 4.78 is 43.4. The van der Waals surface area contributed by atoms with E-state index in [2.05, 4.69) is 10.1 Å². The molecule has 118 valence electrons. The Hall–Kier alpha value is -1.89. The zero-order valence-electron chi connectivity index (χ0n) is 11.9. The first-order valence-corrected chi connectivity index (χ1v) is 7.19. The van der Waals surface area contributed by atoms with Crippen LogP contribution in [0.2, 0.25) is 0 Å². The summed E-state index contributed by atoms with van der Waals surface area (Å²) >= 11 is 0. The van der Waals surface area contributed by atoms with Crippen molar-refractivity contribution in [2.45, 2.75) is 43.8 Å². The molecule has 22 heavy (non-hydrogen) atoms. The molecule has 2 aromatic rings. The summed E-state index contributed by atoms with van der Waals surface area (Å²) in [6, 6.07) is 4.84. The molecule has 0 aliphatic heterocycles. The van der Waals surface area contributed by atoms with E-state index in [0.29, 0.717) is 5.82 Å². The average molecular weight is 311 g/mol. The molecule has 1 aliphatic carbocycles. The molecule has 0 amide bonds. The molecule has 1 heterocycles. The summed E-state index contributed by atoms with van der Waals surface area (Å²) in [5.74, 6) is 0.441. The molecule has 2 N–H and O–H groups in total. The number of alkyl halides is 3. The molecular weight excluding hydrogens is 295 g/mol. The van der Waals surface area contributed by atoms with Crippen molar-refractivity contribution in [2.75, 3.05) is 0 Å². The van der Waals surface area contributed by atoms with Crippen molar-refractivity contribution in [2.24, 2.45) is 5.73 Å². The molecule has 0 spiro atoms. The van der Waals surface area contributed by atoms with Crippen LogP contribution in [0.3, 0.4) is 0 Å². The van der Waals surface area contributed by atoms with E-state index in [1.54, 1.807) is 0 Å². The standard InChI is InChI=1S/C15H16F3N3O/c16-15(17,18)11-6-4-5-10(9-11)12-20-13(21-22-12)14(19)7-2-1-3-8-14/h4-6,9H,1-3,7-8,19H2. The van der Waals surface area contributed by atoms with Crippen molar-refractivity contribution in [1.82, 2.24) is 10.1 Å². The zero-order valence-corrected chi connectivity index (χ0v) is 11.9. The number of halogens is 3. The minimum atomic E-state index is -4.41. The predicted molar refractivity (Wildman–Crippen MR) is 73.7 cm³/mol. The molecule has 4 nitrogen and oxygen atoms in total. The van der Waals surface area contributed by atoms with Crippen LogP contribution in [0.4, 0.5) is 13.2 Å². The van der Waals surface area contributed by atoms with Gasteiger partial charge in [0.25, 0.3) is 5.89 Å². The first-order valence-electron chi connectivity index (χ1n) is 7.19. The van der Waals surface area contributed by atoms with Crippen molar-refractivity contribution in [3.63, 3.8) is 0 Å². The van der Waals surface area contributed by atoms with Gasteiger partial charge in [0, 0.05) is 5.56 Å². The van der Waals surface area contributed by atoms with Gasteiger partial charge in [0.05, 0.1) is 11.1 Å². The topological polar surface area (TPSA) is 64.9 Å². The maximum absolute atomic E-state index is 12.8. The lowest BCUT2D eigenvalue weighted by atomic mass is 9.82. The van der Waals surface area contributed by atoms with Gasteiger partial charge in [-0.05, 0) is 31.0 Å². The summed E-state index contributed by atoms with van der Waals surface area (Å²) in [6.07, 6.45) is 0.214. The van der Waals surface area contributed by atoms with Gasteiger partial charge in [-0.2, -0.15) is 18.2 Å². The molecule has 1 saturated carbocycles. The number of benzene rings is 1. The number of hydrogen-bond donors (Lipinski definition) is 1. The zero-order chi connectivity index (χ0) is 15.8. The second-order valence-electron chi connectivity index (χ2n) is 5.72. The number of hydrogen-bond acceptors (Lipinski definition) is 4. The third kappa shape index (κ3) is 2.85. The molecule has 0 bridgehead atoms. The molecule has 1 aromatic carbocycles. The second-order valence-corrected chi connectivity index (χ2v) is 5.72. The minimum Gasteiger partial charge on any atom is -0.334 e. The quantitative estimate of drug-likeness (QED) is 0.914. The van der Waals surface area contributed by atoms with Crippen LogP contribution in [0, 0.1) is 0 Å². The highest BCUT2D eigenvalue weighted by Crippen LogP contribution is 2.35. The van der Waals surface area contributed by atoms with E-state index >= 15 is 0 Å². The lowest BCUT2D eigenvalue weighted by Crippen LogP contribution is -2.39. The maximum atomic E-state index is 12.8. The highest BCUT2D eigenvalue weighted by atomic mass is 19.4. The summed E-state index contributed by atoms with van der Waals surface area (Å²) in [6.45, 7) is 0. The van der Waals surface area contributed by atoms with Gasteiger partial charge in [-0.1, -0.05) is 30.5 Å². The van der Waals surface area contributed by atoms with E-state index < -0.39 is 17.3 Å². The molecule has 1 fully saturated rings. The fourth-order valence-electron chi connectivity index (χ4n) is 2.78. The van der Waals surface area contributed by atoms with Gasteiger partial charge in [0.1, 0.15) is 0 Å². The Morgan fingerprint density at radius 1 is 1.14 bits per heavy atom. The van der Waals surface area contributed by atoms with Gasteiger partial charge in [-0.15, -0.1) is 0 Å². The Bertz CT molecular complexity index is 660. The van der Waals surface area contributed by atoms with Crippen LogP contribution in [-0.4, -0.2) is 10.1 Å². The molecule has 0 unspecified atom stereocenters. The average Bonchev–Trinajstić information content (AvgIpc) is 2.98. The highest BCUT2D eigenvalue weighted by Gasteiger charge is 2.35. The second kappa shape index (κ2) is 5.39. The van der Waals surface area contributed by atoms with Crippen molar-refractivity contribution < 1.29 is 17.7 Å². The Balaban J connectivity index is 1.91. The summed E-state index contributed by atoms with van der Waals surface area (Å²) in [5.41, 5.74) is 5.17. The van der Waals surface area contributed by atoms with Gasteiger partial charge in [0.15, 0.2) is 5.82 Å². The molecule has 0 atom stereocenters. The van der Waals surface area contributed by atoms with Gasteiger partial charge in [-0.3, -0.25) is 0 Å². The van der Waals surface area contributed by atoms with Crippen LogP contribution in [0.1, 0.15) is 43.5 Å². The van der Waals surface area contributed by atoms with E-state index in [4.69, 9.17) is 10.3 Å². The smallest absolute Gasteiger partial charge is 0.334 e. The van der Waals surface area contributed by atoms with Crippen LogP contribution in [0.15, 0.2) is 28.8 Å². The third-order valence-electron chi connectivity index (χ3n) is 4.05. The van der Waals surface area contributed by atoms with Gasteiger partial charge >= 0.3 is 6.18 Å². The van der Waals surface area contributed by atoms with Crippen molar-refractivity contribution in [3.05, 3.63) is 35.7 Å². The molecule has 1 aliphatic rings. The first-order chi connectivity index (χ1) is 10.4. The Morgan fingerprint density at radius 2 is 1.86 bits per heavy atom. The number of nitrogens with zero attached hydrogens (tertiary/aromatic N) is 2. The van der Waals surface area contributed by atoms with Crippen LogP contribution in [-0.2, 0) is 11.7 Å². The molecule has 7 heteroatoms. The number of nitrogens with two attached hydrogens (primary N) is 1. The van der Waals surface area contributed by atoms with Crippen LogP contribution in [0.25, 0.3) is 11.5 Å². The lowest BCUT2D eigenvalue weighted by molar-refractivity contribution is -0.137. The fourth-order valence-corrected chi connectivity index (χ4v) is 2.78. The molecule has 0 saturated heterocycles. The van der Waals surface area contributed by atoms with E-state index in [-0.39, 0.29) is 11.5 Å². The predicted octanol–water partition coefficient (Wildman–Crippen LogP) is 3.87. The largest absolute Gasteiger partial charge is 0.416 e. The molecule has 3 rings (SSSR count). The van der Waals surface area contributed by atoms with E-state index in [1.165, 1.54) is 12.1 Å². The van der Waals surface area contributed by atoms with Gasteiger partial charge in [-0.25, -0.2) is 0 Å². The monoisotopic (exact) mass is 311 g/mol. The number of rotatable bonds is 2. The summed E-state index contributed by atoms with van der Waals surface area (Å²) in [4.78, 5) is 4.23. The number of aromatic nitrogens is 2. The highest BCUT2D eigenvalue weighted by molar-refractivity contribution is 5.54. The van der Waals surface area contributed by atoms with E-state index in [9.17, 15) is 13.2 Å². The van der Waals surface area contributed by atoms with Crippen molar-refractivity contribution in [1.29, 1.82) is 0 Å². The van der Waals surface area contributed by atoms with E-state index in [1.807, 2.05) is 0 Å². The third-order valence-corrected chi connectivity index (χ3v) is 4.05. The SMILES string of the molecule is NC1(c2noc(-c3cccc(C(F)(F)F)c3)n2)CCCCC1. The maximum Gasteiger partial charge on any atom is 0.416 e. The van der Waals surface area contributed by atoms with Gasteiger partial charge < -0.3 is 10.3 Å². The van der Waals surface area contributed by atoms with Gasteiger partial charge in [0.2, 0.25) is 0 Å².